The Balaban J connectivity index is 1.91. The minimum absolute atomic E-state index is 0.180. The van der Waals surface area contributed by atoms with Crippen LogP contribution < -0.4 is 5.32 Å². The van der Waals surface area contributed by atoms with E-state index in [2.05, 4.69) is 12.2 Å². The van der Waals surface area contributed by atoms with Crippen molar-refractivity contribution in [3.05, 3.63) is 0 Å². The second kappa shape index (κ2) is 16.9. The Labute approximate surface area is 201 Å². The molecule has 0 radical (unpaired) electrons. The number of unbranched alkanes of at least 4 members (excludes halogenated alkanes) is 14. The maximum Gasteiger partial charge on any atom is 0.325 e. The maximum atomic E-state index is 12.1. The van der Waals surface area contributed by atoms with Gasteiger partial charge in [0.2, 0.25) is 0 Å². The van der Waals surface area contributed by atoms with Crippen LogP contribution in [0.3, 0.4) is 0 Å². The third-order valence-corrected chi connectivity index (χ3v) is 6.26. The van der Waals surface area contributed by atoms with Gasteiger partial charge in [0.25, 0.3) is 5.91 Å². The van der Waals surface area contributed by atoms with Gasteiger partial charge in [0.05, 0.1) is 6.54 Å². The van der Waals surface area contributed by atoms with Gasteiger partial charge in [-0.05, 0) is 20.3 Å². The van der Waals surface area contributed by atoms with E-state index < -0.39 is 23.6 Å². The Bertz CT molecular complexity index is 579. The van der Waals surface area contributed by atoms with Crippen LogP contribution in [0, 0.1) is 0 Å². The summed E-state index contributed by atoms with van der Waals surface area (Å²) in [6, 6.07) is -0.534. The molecule has 0 aromatic carbocycles. The number of amides is 3. The van der Waals surface area contributed by atoms with Gasteiger partial charge in [-0.15, -0.1) is 0 Å². The number of rotatable bonds is 20. The summed E-state index contributed by atoms with van der Waals surface area (Å²) in [5.41, 5.74) is -0.971. The molecule has 1 rings (SSSR count). The third kappa shape index (κ3) is 13.0. The van der Waals surface area contributed by atoms with Gasteiger partial charge < -0.3 is 15.2 Å². The number of nitrogens with one attached hydrogen (secondary N) is 1. The smallest absolute Gasteiger partial charge is 0.325 e. The molecule has 192 valence electrons. The summed E-state index contributed by atoms with van der Waals surface area (Å²) in [6.45, 7) is 5.08. The van der Waals surface area contributed by atoms with E-state index in [1.165, 1.54) is 77.0 Å². The number of imide groups is 1. The summed E-state index contributed by atoms with van der Waals surface area (Å²) in [6.07, 6.45) is 18.3. The number of urea groups is 1. The molecule has 1 saturated heterocycles. The molecule has 0 spiro atoms. The van der Waals surface area contributed by atoms with Gasteiger partial charge in [0.1, 0.15) is 18.2 Å². The summed E-state index contributed by atoms with van der Waals surface area (Å²) < 4.78 is 5.10. The highest BCUT2D eigenvalue weighted by Gasteiger charge is 2.44. The van der Waals surface area contributed by atoms with Crippen LogP contribution in [0.15, 0.2) is 0 Å². The van der Waals surface area contributed by atoms with Gasteiger partial charge >= 0.3 is 12.0 Å². The van der Waals surface area contributed by atoms with Gasteiger partial charge in [0.15, 0.2) is 0 Å². The number of nitrogens with zero attached hydrogens (tertiary/aromatic N) is 1. The van der Waals surface area contributed by atoms with E-state index in [4.69, 9.17) is 4.74 Å². The minimum atomic E-state index is -1.08. The lowest BCUT2D eigenvalue weighted by molar-refractivity contribution is -0.147. The van der Waals surface area contributed by atoms with Crippen molar-refractivity contribution in [1.82, 2.24) is 10.2 Å². The molecule has 1 atom stereocenters. The van der Waals surface area contributed by atoms with Gasteiger partial charge in [-0.3, -0.25) is 14.5 Å². The first-order chi connectivity index (χ1) is 15.8. The van der Waals surface area contributed by atoms with Crippen molar-refractivity contribution in [1.29, 1.82) is 0 Å². The molecule has 0 saturated carbocycles. The zero-order chi connectivity index (χ0) is 24.5. The van der Waals surface area contributed by atoms with Gasteiger partial charge in [0, 0.05) is 6.42 Å². The molecule has 7 nitrogen and oxygen atoms in total. The van der Waals surface area contributed by atoms with E-state index in [0.29, 0.717) is 6.42 Å². The number of aliphatic hydroxyl groups excluding tert-OH is 1. The number of ether oxygens (including phenoxy) is 1. The van der Waals surface area contributed by atoms with E-state index in [1.54, 1.807) is 13.8 Å². The fourth-order valence-corrected chi connectivity index (χ4v) is 4.15. The second-order valence-corrected chi connectivity index (χ2v) is 10.0. The lowest BCUT2D eigenvalue weighted by Gasteiger charge is -2.19. The summed E-state index contributed by atoms with van der Waals surface area (Å²) in [7, 11) is 0. The lowest BCUT2D eigenvalue weighted by atomic mass is 10.0. The molecule has 0 bridgehead atoms. The maximum absolute atomic E-state index is 12.1. The highest BCUT2D eigenvalue weighted by atomic mass is 16.5. The van der Waals surface area contributed by atoms with Crippen LogP contribution in [0.4, 0.5) is 4.79 Å². The zero-order valence-corrected chi connectivity index (χ0v) is 21.3. The normalized spacial score (nSPS) is 16.2. The molecule has 0 aromatic heterocycles. The number of esters is 1. The largest absolute Gasteiger partial charge is 0.463 e. The molecule has 1 heterocycles. The van der Waals surface area contributed by atoms with Gasteiger partial charge in [-0.25, -0.2) is 4.79 Å². The highest BCUT2D eigenvalue weighted by Crippen LogP contribution is 2.17. The first-order valence-corrected chi connectivity index (χ1v) is 13.3. The van der Waals surface area contributed by atoms with Gasteiger partial charge in [-0.2, -0.15) is 0 Å². The van der Waals surface area contributed by atoms with E-state index in [9.17, 15) is 19.5 Å². The molecular weight excluding hydrogens is 420 g/mol. The van der Waals surface area contributed by atoms with Crippen LogP contribution >= 0.6 is 0 Å². The molecular formula is C26H48N2O5. The van der Waals surface area contributed by atoms with Gasteiger partial charge in [-0.1, -0.05) is 96.8 Å². The molecule has 0 aliphatic carbocycles. The quantitative estimate of drug-likeness (QED) is 0.140. The number of carbonyl (C=O) groups is 3. The molecule has 2 N–H and O–H groups in total. The van der Waals surface area contributed by atoms with Crippen LogP contribution in [0.5, 0.6) is 0 Å². The van der Waals surface area contributed by atoms with Crippen molar-refractivity contribution in [2.24, 2.45) is 0 Å². The SMILES string of the molecule is CCCCCCCCCCCCCCCCCC(=O)OCC(O)CN1C(=O)NC(C)(C)C1=O. The van der Waals surface area contributed by atoms with Crippen LogP contribution in [0.2, 0.25) is 0 Å². The number of hydrogen-bond acceptors (Lipinski definition) is 5. The summed E-state index contributed by atoms with van der Waals surface area (Å²) >= 11 is 0. The van der Waals surface area contributed by atoms with E-state index in [1.807, 2.05) is 0 Å². The first-order valence-electron chi connectivity index (χ1n) is 13.3. The number of β-amino-alcohol motifs (C(OH)–C–C–N with tert-alkyl or cyclic N) is 1. The van der Waals surface area contributed by atoms with Crippen molar-refractivity contribution in [3.8, 4) is 0 Å². The molecule has 1 aliphatic heterocycles. The number of aliphatic hydroxyl groups is 1. The molecule has 1 unspecified atom stereocenters. The fourth-order valence-electron chi connectivity index (χ4n) is 4.15. The third-order valence-electron chi connectivity index (χ3n) is 6.26. The van der Waals surface area contributed by atoms with Crippen molar-refractivity contribution in [2.45, 2.75) is 135 Å². The summed E-state index contributed by atoms with van der Waals surface area (Å²) in [5, 5.41) is 12.6. The average Bonchev–Trinajstić information content (AvgIpc) is 2.96. The number of carbonyl (C=O) groups excluding carboxylic acids is 3. The first kappa shape index (κ1) is 29.4. The lowest BCUT2D eigenvalue weighted by Crippen LogP contribution is -2.42. The van der Waals surface area contributed by atoms with Crippen molar-refractivity contribution >= 4 is 17.9 Å². The van der Waals surface area contributed by atoms with Crippen LogP contribution in [-0.2, 0) is 14.3 Å². The Morgan fingerprint density at radius 2 is 1.33 bits per heavy atom. The van der Waals surface area contributed by atoms with E-state index >= 15 is 0 Å². The molecule has 1 aliphatic rings. The van der Waals surface area contributed by atoms with Crippen LogP contribution in [0.1, 0.15) is 124 Å². The number of hydrogen-bond donors (Lipinski definition) is 2. The van der Waals surface area contributed by atoms with Crippen molar-refractivity contribution in [2.75, 3.05) is 13.2 Å². The molecule has 7 heteroatoms. The fraction of sp³-hybridized carbons (Fsp3) is 0.885. The molecule has 1 fully saturated rings. The monoisotopic (exact) mass is 468 g/mol. The van der Waals surface area contributed by atoms with Crippen LogP contribution in [-0.4, -0.2) is 52.7 Å². The predicted molar refractivity (Wildman–Crippen MR) is 131 cm³/mol. The average molecular weight is 469 g/mol. The predicted octanol–water partition coefficient (Wildman–Crippen LogP) is 5.48. The van der Waals surface area contributed by atoms with Crippen molar-refractivity contribution in [3.63, 3.8) is 0 Å². The van der Waals surface area contributed by atoms with E-state index in [0.717, 1.165) is 24.2 Å². The zero-order valence-electron chi connectivity index (χ0n) is 21.3. The highest BCUT2D eigenvalue weighted by molar-refractivity contribution is 6.06. The molecule has 0 aromatic rings. The Morgan fingerprint density at radius 1 is 0.879 bits per heavy atom. The molecule has 3 amide bonds. The van der Waals surface area contributed by atoms with Crippen LogP contribution in [0.25, 0.3) is 0 Å². The Morgan fingerprint density at radius 3 is 1.76 bits per heavy atom. The summed E-state index contributed by atoms with van der Waals surface area (Å²) in [4.78, 5) is 36.7. The molecule has 33 heavy (non-hydrogen) atoms. The van der Waals surface area contributed by atoms with E-state index in [-0.39, 0.29) is 19.1 Å². The Hall–Kier alpha value is -1.63. The van der Waals surface area contributed by atoms with Crippen molar-refractivity contribution < 1.29 is 24.2 Å². The minimum Gasteiger partial charge on any atom is -0.463 e. The Kier molecular flexibility index (Phi) is 15.1. The summed E-state index contributed by atoms with van der Waals surface area (Å²) in [5.74, 6) is -0.739. The topological polar surface area (TPSA) is 95.9 Å². The second-order valence-electron chi connectivity index (χ2n) is 10.0. The standard InChI is InChI=1S/C26H48N2O5/c1-4-5-6-7-8-9-10-11-12-13-14-15-16-17-18-19-23(30)33-21-22(29)20-28-24(31)26(2,3)27-25(28)32/h22,29H,4-21H2,1-3H3,(H,27,32).